The highest BCUT2D eigenvalue weighted by molar-refractivity contribution is 5.94. The summed E-state index contributed by atoms with van der Waals surface area (Å²) in [7, 11) is 0. The monoisotopic (exact) mass is 373 g/mol. The molecule has 0 heterocycles. The van der Waals surface area contributed by atoms with Gasteiger partial charge >= 0.3 is 5.97 Å². The molecule has 0 radical (unpaired) electrons. The Bertz CT molecular complexity index is 551. The Morgan fingerprint density at radius 2 is 1.46 bits per heavy atom. The lowest BCUT2D eigenvalue weighted by molar-refractivity contribution is -0.143. The number of carboxylic acid groups (broad SMARTS) is 1. The molecule has 0 aliphatic heterocycles. The molecule has 0 aromatic rings. The fourth-order valence-electron chi connectivity index (χ4n) is 2.04. The normalized spacial score (nSPS) is 14.0. The van der Waals surface area contributed by atoms with Crippen LogP contribution in [0.1, 0.15) is 33.6 Å². The molecule has 0 fully saturated rings. The lowest BCUT2D eigenvalue weighted by atomic mass is 10.0. The van der Waals surface area contributed by atoms with Crippen molar-refractivity contribution in [3.63, 3.8) is 0 Å². The molecule has 0 aromatic carbocycles. The van der Waals surface area contributed by atoms with E-state index in [-0.39, 0.29) is 18.9 Å². The smallest absolute Gasteiger partial charge is 0.326 e. The first kappa shape index (κ1) is 23.3. The van der Waals surface area contributed by atoms with Crippen LogP contribution in [0.5, 0.6) is 0 Å². The van der Waals surface area contributed by atoms with Crippen molar-refractivity contribution in [1.29, 1.82) is 0 Å². The second kappa shape index (κ2) is 11.0. The molecule has 26 heavy (non-hydrogen) atoms. The Hall–Kier alpha value is -2.69. The summed E-state index contributed by atoms with van der Waals surface area (Å²) < 4.78 is 0. The van der Waals surface area contributed by atoms with Gasteiger partial charge in [-0.1, -0.05) is 13.8 Å². The van der Waals surface area contributed by atoms with E-state index in [1.54, 1.807) is 0 Å². The third kappa shape index (κ3) is 8.97. The number of primary amides is 1. The summed E-state index contributed by atoms with van der Waals surface area (Å²) in [6.07, 6.45) is -0.357. The highest BCUT2D eigenvalue weighted by atomic mass is 16.4. The largest absolute Gasteiger partial charge is 0.480 e. The molecule has 0 rings (SSSR count). The Labute approximate surface area is 151 Å². The van der Waals surface area contributed by atoms with Crippen molar-refractivity contribution in [2.75, 3.05) is 6.54 Å². The number of carboxylic acids is 1. The average molecular weight is 373 g/mol. The summed E-state index contributed by atoms with van der Waals surface area (Å²) in [5, 5.41) is 16.1. The van der Waals surface area contributed by atoms with Gasteiger partial charge in [-0.2, -0.15) is 0 Å². The maximum absolute atomic E-state index is 12.4. The lowest BCUT2D eigenvalue weighted by Crippen LogP contribution is -2.56. The molecule has 148 valence electrons. The Balaban J connectivity index is 5.08. The average Bonchev–Trinajstić information content (AvgIpc) is 2.52. The van der Waals surface area contributed by atoms with Gasteiger partial charge in [0.1, 0.15) is 18.1 Å². The van der Waals surface area contributed by atoms with Crippen LogP contribution in [0.15, 0.2) is 0 Å². The predicted octanol–water partition coefficient (Wildman–Crippen LogP) is -2.57. The van der Waals surface area contributed by atoms with Crippen LogP contribution in [-0.4, -0.2) is 59.4 Å². The highest BCUT2D eigenvalue weighted by Crippen LogP contribution is 2.06. The van der Waals surface area contributed by atoms with Gasteiger partial charge in [0.25, 0.3) is 0 Å². The van der Waals surface area contributed by atoms with E-state index in [1.165, 1.54) is 6.92 Å². The van der Waals surface area contributed by atoms with E-state index < -0.39 is 54.1 Å². The molecule has 0 aliphatic carbocycles. The molecular weight excluding hydrogens is 346 g/mol. The van der Waals surface area contributed by atoms with E-state index in [1.807, 2.05) is 13.8 Å². The fraction of sp³-hybridized carbons (Fsp3) is 0.667. The number of amides is 4. The van der Waals surface area contributed by atoms with Gasteiger partial charge in [-0.25, -0.2) is 4.79 Å². The van der Waals surface area contributed by atoms with Crippen LogP contribution >= 0.6 is 0 Å². The third-order valence-electron chi connectivity index (χ3n) is 3.32. The van der Waals surface area contributed by atoms with E-state index >= 15 is 0 Å². The Kier molecular flexibility index (Phi) is 9.89. The molecule has 8 N–H and O–H groups in total. The summed E-state index contributed by atoms with van der Waals surface area (Å²) in [5.74, 6) is -4.24. The van der Waals surface area contributed by atoms with Crippen LogP contribution in [0.25, 0.3) is 0 Å². The minimum Gasteiger partial charge on any atom is -0.480 e. The van der Waals surface area contributed by atoms with Crippen molar-refractivity contribution in [2.24, 2.45) is 17.4 Å². The topological polar surface area (TPSA) is 194 Å². The van der Waals surface area contributed by atoms with Crippen molar-refractivity contribution in [1.82, 2.24) is 16.0 Å². The highest BCUT2D eigenvalue weighted by Gasteiger charge is 2.29. The van der Waals surface area contributed by atoms with Crippen molar-refractivity contribution in [3.8, 4) is 0 Å². The van der Waals surface area contributed by atoms with Gasteiger partial charge in [0.2, 0.25) is 23.6 Å². The van der Waals surface area contributed by atoms with Gasteiger partial charge in [-0.05, 0) is 19.3 Å². The molecule has 0 saturated carbocycles. The van der Waals surface area contributed by atoms with Crippen molar-refractivity contribution < 1.29 is 29.1 Å². The first-order valence-electron chi connectivity index (χ1n) is 8.09. The minimum atomic E-state index is -1.50. The van der Waals surface area contributed by atoms with Crippen molar-refractivity contribution in [3.05, 3.63) is 0 Å². The molecule has 0 bridgehead atoms. The zero-order chi connectivity index (χ0) is 20.4. The maximum Gasteiger partial charge on any atom is 0.326 e. The zero-order valence-corrected chi connectivity index (χ0v) is 15.1. The number of carbonyl (C=O) groups excluding carboxylic acids is 4. The van der Waals surface area contributed by atoms with Gasteiger partial charge in [-0.3, -0.25) is 19.2 Å². The number of aliphatic carboxylic acids is 1. The summed E-state index contributed by atoms with van der Waals surface area (Å²) in [5.41, 5.74) is 10.1. The van der Waals surface area contributed by atoms with E-state index in [4.69, 9.17) is 16.6 Å². The molecular formula is C15H27N5O6. The van der Waals surface area contributed by atoms with E-state index in [9.17, 15) is 24.0 Å². The van der Waals surface area contributed by atoms with Crippen molar-refractivity contribution >= 4 is 29.6 Å². The van der Waals surface area contributed by atoms with E-state index in [2.05, 4.69) is 16.0 Å². The van der Waals surface area contributed by atoms with Crippen LogP contribution < -0.4 is 27.4 Å². The summed E-state index contributed by atoms with van der Waals surface area (Å²) in [6, 6.07) is -3.48. The molecule has 0 saturated heterocycles. The number of hydrogen-bond acceptors (Lipinski definition) is 6. The SMILES string of the molecule is CC(C)CC(NC(=O)C(C)NC(=O)CN)C(=O)NC(CC(N)=O)C(=O)O. The minimum absolute atomic E-state index is 0.000549. The third-order valence-corrected chi connectivity index (χ3v) is 3.32. The van der Waals surface area contributed by atoms with Gasteiger partial charge in [0, 0.05) is 0 Å². The number of nitrogens with one attached hydrogen (secondary N) is 3. The quantitative estimate of drug-likeness (QED) is 0.229. The number of rotatable bonds is 11. The van der Waals surface area contributed by atoms with Gasteiger partial charge in [0.15, 0.2) is 0 Å². The lowest BCUT2D eigenvalue weighted by Gasteiger charge is -2.24. The Morgan fingerprint density at radius 1 is 0.923 bits per heavy atom. The summed E-state index contributed by atoms with van der Waals surface area (Å²) in [6.45, 7) is 4.75. The van der Waals surface area contributed by atoms with E-state index in [0.717, 1.165) is 0 Å². The number of hydrogen-bond donors (Lipinski definition) is 6. The maximum atomic E-state index is 12.4. The number of carbonyl (C=O) groups is 5. The van der Waals surface area contributed by atoms with Gasteiger partial charge in [0.05, 0.1) is 13.0 Å². The summed E-state index contributed by atoms with van der Waals surface area (Å²) in [4.78, 5) is 57.8. The molecule has 11 heteroatoms. The fourth-order valence-corrected chi connectivity index (χ4v) is 2.04. The second-order valence-corrected chi connectivity index (χ2v) is 6.25. The first-order chi connectivity index (χ1) is 12.0. The number of nitrogens with two attached hydrogens (primary N) is 2. The van der Waals surface area contributed by atoms with Crippen LogP contribution in [-0.2, 0) is 24.0 Å². The molecule has 11 nitrogen and oxygen atoms in total. The first-order valence-corrected chi connectivity index (χ1v) is 8.09. The molecule has 0 aromatic heterocycles. The van der Waals surface area contributed by atoms with Crippen LogP contribution in [0, 0.1) is 5.92 Å². The molecule has 3 atom stereocenters. The van der Waals surface area contributed by atoms with Crippen LogP contribution in [0.2, 0.25) is 0 Å². The molecule has 0 aliphatic rings. The molecule has 4 amide bonds. The summed E-state index contributed by atoms with van der Waals surface area (Å²) >= 11 is 0. The molecule has 3 unspecified atom stereocenters. The molecule has 0 spiro atoms. The van der Waals surface area contributed by atoms with Gasteiger partial charge < -0.3 is 32.5 Å². The van der Waals surface area contributed by atoms with Crippen LogP contribution in [0.3, 0.4) is 0 Å². The van der Waals surface area contributed by atoms with Crippen molar-refractivity contribution in [2.45, 2.75) is 51.7 Å². The Morgan fingerprint density at radius 3 is 1.88 bits per heavy atom. The van der Waals surface area contributed by atoms with E-state index in [0.29, 0.717) is 0 Å². The zero-order valence-electron chi connectivity index (χ0n) is 15.1. The van der Waals surface area contributed by atoms with Crippen LogP contribution in [0.4, 0.5) is 0 Å². The standard InChI is InChI=1S/C15H27N5O6/c1-7(2)4-9(19-13(23)8(3)18-12(22)6-16)14(24)20-10(15(25)26)5-11(17)21/h7-10H,4-6,16H2,1-3H3,(H2,17,21)(H,18,22)(H,19,23)(H,20,24)(H,25,26). The predicted molar refractivity (Wildman–Crippen MR) is 91.4 cm³/mol. The second-order valence-electron chi connectivity index (χ2n) is 6.25. The van der Waals surface area contributed by atoms with Gasteiger partial charge in [-0.15, -0.1) is 0 Å².